The Labute approximate surface area is 192 Å². The molecule has 1 saturated heterocycles. The van der Waals surface area contributed by atoms with Gasteiger partial charge in [0.15, 0.2) is 0 Å². The molecule has 0 atom stereocenters. The Morgan fingerprint density at radius 3 is 1.91 bits per heavy atom. The number of anilines is 1. The molecule has 1 fully saturated rings. The van der Waals surface area contributed by atoms with E-state index in [2.05, 4.69) is 0 Å². The summed E-state index contributed by atoms with van der Waals surface area (Å²) >= 11 is 0. The smallest absolute Gasteiger partial charge is 0.416 e. The van der Waals surface area contributed by atoms with E-state index in [0.717, 1.165) is 39.5 Å². The third-order valence-corrected chi connectivity index (χ3v) is 5.47. The topological polar surface area (TPSA) is 49.9 Å². The van der Waals surface area contributed by atoms with E-state index in [-0.39, 0.29) is 17.8 Å². The highest BCUT2D eigenvalue weighted by Gasteiger charge is 2.52. The fourth-order valence-electron chi connectivity index (χ4n) is 4.03. The molecule has 3 rings (SSSR count). The van der Waals surface area contributed by atoms with Gasteiger partial charge in [-0.25, -0.2) is 4.79 Å². The zero-order valence-corrected chi connectivity index (χ0v) is 19.9. The molecule has 1 aliphatic rings. The highest BCUT2D eigenvalue weighted by atomic mass is 19.4. The Bertz CT molecular complexity index is 1060. The molecular formula is C25H29F3N2O3. The van der Waals surface area contributed by atoms with Gasteiger partial charge in [-0.15, -0.1) is 0 Å². The number of urea groups is 1. The van der Waals surface area contributed by atoms with Crippen LogP contribution in [0.4, 0.5) is 23.7 Å². The van der Waals surface area contributed by atoms with Gasteiger partial charge >= 0.3 is 12.2 Å². The number of rotatable bonds is 4. The predicted octanol–water partition coefficient (Wildman–Crippen LogP) is 6.25. The average Bonchev–Trinajstić information content (AvgIpc) is 2.83. The fourth-order valence-corrected chi connectivity index (χ4v) is 4.03. The van der Waals surface area contributed by atoms with Crippen LogP contribution in [0.25, 0.3) is 0 Å². The number of halogens is 3. The standard InChI is InChI=1S/C25H29F3N2O3/c1-15-12-17(13-16(2)20(15)33-23(3,4)5)14-29-21(31)24(6,7)30(22(29)32)19-10-8-18(9-11-19)25(26,27)28/h8-13H,14H2,1-7H3. The minimum Gasteiger partial charge on any atom is -0.488 e. The second kappa shape index (κ2) is 8.08. The molecule has 0 aromatic heterocycles. The van der Waals surface area contributed by atoms with E-state index in [0.29, 0.717) is 0 Å². The minimum atomic E-state index is -4.48. The highest BCUT2D eigenvalue weighted by Crippen LogP contribution is 2.37. The summed E-state index contributed by atoms with van der Waals surface area (Å²) in [5.74, 6) is 0.342. The van der Waals surface area contributed by atoms with Crippen LogP contribution in [0, 0.1) is 13.8 Å². The first-order chi connectivity index (χ1) is 15.0. The number of carbonyl (C=O) groups excluding carboxylic acids is 2. The van der Waals surface area contributed by atoms with Crippen LogP contribution in [-0.4, -0.2) is 28.0 Å². The number of nitrogens with zero attached hydrogens (tertiary/aromatic N) is 2. The SMILES string of the molecule is Cc1cc(CN2C(=O)N(c3ccc(C(F)(F)F)cc3)C(C)(C)C2=O)cc(C)c1OC(C)(C)C. The Kier molecular flexibility index (Phi) is 6.02. The van der Waals surface area contributed by atoms with E-state index in [4.69, 9.17) is 4.74 Å². The molecule has 0 spiro atoms. The van der Waals surface area contributed by atoms with Crippen LogP contribution in [-0.2, 0) is 17.5 Å². The maximum Gasteiger partial charge on any atom is 0.416 e. The lowest BCUT2D eigenvalue weighted by Gasteiger charge is -2.28. The van der Waals surface area contributed by atoms with Gasteiger partial charge in [0.05, 0.1) is 12.1 Å². The zero-order chi connectivity index (χ0) is 24.9. The van der Waals surface area contributed by atoms with Crippen LogP contribution in [0.1, 0.15) is 56.9 Å². The molecular weight excluding hydrogens is 433 g/mol. The fraction of sp³-hybridized carbons (Fsp3) is 0.440. The number of benzene rings is 2. The summed E-state index contributed by atoms with van der Waals surface area (Å²) in [6, 6.07) is 7.43. The van der Waals surface area contributed by atoms with Crippen molar-refractivity contribution in [3.63, 3.8) is 0 Å². The molecule has 8 heteroatoms. The molecule has 0 saturated carbocycles. The van der Waals surface area contributed by atoms with Crippen molar-refractivity contribution in [3.05, 3.63) is 58.7 Å². The largest absolute Gasteiger partial charge is 0.488 e. The number of aryl methyl sites for hydroxylation is 2. The van der Waals surface area contributed by atoms with Crippen LogP contribution < -0.4 is 9.64 Å². The lowest BCUT2D eigenvalue weighted by atomic mass is 10.0. The van der Waals surface area contributed by atoms with Crippen LogP contribution in [0.15, 0.2) is 36.4 Å². The van der Waals surface area contributed by atoms with Crippen molar-refractivity contribution >= 4 is 17.6 Å². The number of alkyl halides is 3. The number of ether oxygens (including phenoxy) is 1. The van der Waals surface area contributed by atoms with E-state index >= 15 is 0 Å². The van der Waals surface area contributed by atoms with Crippen molar-refractivity contribution in [3.8, 4) is 5.75 Å². The average molecular weight is 463 g/mol. The highest BCUT2D eigenvalue weighted by molar-refractivity contribution is 6.16. The lowest BCUT2D eigenvalue weighted by molar-refractivity contribution is -0.137. The number of amides is 3. The van der Waals surface area contributed by atoms with E-state index in [1.807, 2.05) is 46.8 Å². The van der Waals surface area contributed by atoms with Gasteiger partial charge < -0.3 is 4.74 Å². The molecule has 178 valence electrons. The molecule has 0 unspecified atom stereocenters. The second-order valence-electron chi connectivity index (χ2n) is 9.89. The summed E-state index contributed by atoms with van der Waals surface area (Å²) in [5, 5.41) is 0. The zero-order valence-electron chi connectivity index (χ0n) is 19.9. The predicted molar refractivity (Wildman–Crippen MR) is 120 cm³/mol. The van der Waals surface area contributed by atoms with Gasteiger partial charge in [-0.05, 0) is 89.4 Å². The molecule has 1 heterocycles. The summed E-state index contributed by atoms with van der Waals surface area (Å²) in [4.78, 5) is 28.7. The van der Waals surface area contributed by atoms with E-state index < -0.39 is 29.2 Å². The first-order valence-corrected chi connectivity index (χ1v) is 10.6. The summed E-state index contributed by atoms with van der Waals surface area (Å²) in [5.41, 5.74) is 0.339. The molecule has 2 aromatic rings. The summed E-state index contributed by atoms with van der Waals surface area (Å²) in [6.45, 7) is 12.9. The van der Waals surface area contributed by atoms with Gasteiger partial charge in [0, 0.05) is 5.69 Å². The van der Waals surface area contributed by atoms with Gasteiger partial charge in [0.1, 0.15) is 16.9 Å². The Hall–Kier alpha value is -3.03. The summed E-state index contributed by atoms with van der Waals surface area (Å²) < 4.78 is 44.8. The second-order valence-corrected chi connectivity index (χ2v) is 9.89. The third-order valence-electron chi connectivity index (χ3n) is 5.47. The number of imide groups is 1. The van der Waals surface area contributed by atoms with Crippen LogP contribution in [0.3, 0.4) is 0 Å². The van der Waals surface area contributed by atoms with Gasteiger partial charge in [0.2, 0.25) is 0 Å². The lowest BCUT2D eigenvalue weighted by Crippen LogP contribution is -2.44. The van der Waals surface area contributed by atoms with E-state index in [1.54, 1.807) is 13.8 Å². The molecule has 0 N–H and O–H groups in total. The summed E-state index contributed by atoms with van der Waals surface area (Å²) in [6.07, 6.45) is -4.48. The maximum atomic E-state index is 13.2. The van der Waals surface area contributed by atoms with E-state index in [9.17, 15) is 22.8 Å². The molecule has 2 aromatic carbocycles. The third kappa shape index (κ3) is 4.84. The summed E-state index contributed by atoms with van der Waals surface area (Å²) in [7, 11) is 0. The maximum absolute atomic E-state index is 13.2. The molecule has 3 amide bonds. The van der Waals surface area contributed by atoms with Crippen LogP contribution >= 0.6 is 0 Å². The first-order valence-electron chi connectivity index (χ1n) is 10.6. The minimum absolute atomic E-state index is 0.0513. The van der Waals surface area contributed by atoms with Crippen molar-refractivity contribution in [2.75, 3.05) is 4.90 Å². The van der Waals surface area contributed by atoms with Crippen molar-refractivity contribution < 1.29 is 27.5 Å². The van der Waals surface area contributed by atoms with Gasteiger partial charge in [-0.3, -0.25) is 14.6 Å². The molecule has 0 bridgehead atoms. The number of hydrogen-bond acceptors (Lipinski definition) is 3. The monoisotopic (exact) mass is 462 g/mol. The Morgan fingerprint density at radius 1 is 0.939 bits per heavy atom. The van der Waals surface area contributed by atoms with Gasteiger partial charge in [-0.1, -0.05) is 12.1 Å². The van der Waals surface area contributed by atoms with Crippen molar-refractivity contribution in [1.82, 2.24) is 4.90 Å². The molecule has 0 radical (unpaired) electrons. The first kappa shape index (κ1) is 24.6. The Balaban J connectivity index is 1.90. The number of carbonyl (C=O) groups is 2. The van der Waals surface area contributed by atoms with Crippen LogP contribution in [0.2, 0.25) is 0 Å². The van der Waals surface area contributed by atoms with Crippen molar-refractivity contribution in [2.24, 2.45) is 0 Å². The van der Waals surface area contributed by atoms with Gasteiger partial charge in [-0.2, -0.15) is 13.2 Å². The quantitative estimate of drug-likeness (QED) is 0.505. The Morgan fingerprint density at radius 2 is 1.45 bits per heavy atom. The number of hydrogen-bond donors (Lipinski definition) is 0. The van der Waals surface area contributed by atoms with Gasteiger partial charge in [0.25, 0.3) is 5.91 Å². The normalized spacial score (nSPS) is 16.5. The van der Waals surface area contributed by atoms with Crippen molar-refractivity contribution in [2.45, 2.75) is 72.3 Å². The molecule has 0 aliphatic carbocycles. The van der Waals surface area contributed by atoms with Crippen LogP contribution in [0.5, 0.6) is 5.75 Å². The van der Waals surface area contributed by atoms with Crippen molar-refractivity contribution in [1.29, 1.82) is 0 Å². The van der Waals surface area contributed by atoms with E-state index in [1.165, 1.54) is 17.0 Å². The molecule has 1 aliphatic heterocycles. The molecule has 33 heavy (non-hydrogen) atoms. The molecule has 5 nitrogen and oxygen atoms in total.